The van der Waals surface area contributed by atoms with Crippen LogP contribution in [0.1, 0.15) is 50.8 Å². The second-order valence-electron chi connectivity index (χ2n) is 5.06. The first-order chi connectivity index (χ1) is 8.09. The van der Waals surface area contributed by atoms with Gasteiger partial charge in [0.1, 0.15) is 11.3 Å². The van der Waals surface area contributed by atoms with Gasteiger partial charge < -0.3 is 4.74 Å². The second-order valence-corrected chi connectivity index (χ2v) is 5.06. The first-order valence-corrected chi connectivity index (χ1v) is 6.22. The van der Waals surface area contributed by atoms with Crippen LogP contribution < -0.4 is 0 Å². The molecule has 0 aromatic carbocycles. The molecule has 90 valence electrons. The van der Waals surface area contributed by atoms with E-state index in [1.54, 1.807) is 0 Å². The predicted octanol–water partition coefficient (Wildman–Crippen LogP) is 3.13. The summed E-state index contributed by atoms with van der Waals surface area (Å²) in [4.78, 5) is 4.36. The minimum atomic E-state index is -0.265. The van der Waals surface area contributed by atoms with Gasteiger partial charge >= 0.3 is 0 Å². The minimum Gasteiger partial charge on any atom is -0.363 e. The molecule has 0 saturated carbocycles. The van der Waals surface area contributed by atoms with Gasteiger partial charge in [0.2, 0.25) is 0 Å². The molecule has 1 aromatic rings. The Labute approximate surface area is 103 Å². The minimum absolute atomic E-state index is 0.265. The standard InChI is InChI=1S/C15H19NO/c1-12(2)13-5-6-14(16-11-13)7-9-15(3)8-4-10-17-15/h5-6,11-12H,4,8,10H2,1-3H3. The number of ether oxygens (including phenoxy) is 1. The molecule has 1 aliphatic heterocycles. The van der Waals surface area contributed by atoms with Gasteiger partial charge in [-0.1, -0.05) is 25.8 Å². The Morgan fingerprint density at radius 2 is 2.24 bits per heavy atom. The van der Waals surface area contributed by atoms with Crippen molar-refractivity contribution in [1.29, 1.82) is 0 Å². The molecule has 2 heterocycles. The molecule has 2 heteroatoms. The van der Waals surface area contributed by atoms with Crippen molar-refractivity contribution in [2.24, 2.45) is 0 Å². The zero-order chi connectivity index (χ0) is 12.3. The third kappa shape index (κ3) is 3.08. The number of aromatic nitrogens is 1. The monoisotopic (exact) mass is 229 g/mol. The Morgan fingerprint density at radius 3 is 2.76 bits per heavy atom. The Balaban J connectivity index is 2.11. The molecule has 0 spiro atoms. The maximum atomic E-state index is 5.62. The van der Waals surface area contributed by atoms with Crippen molar-refractivity contribution < 1.29 is 4.74 Å². The molecule has 1 atom stereocenters. The quantitative estimate of drug-likeness (QED) is 0.690. The molecule has 1 fully saturated rings. The molecule has 2 rings (SSSR count). The van der Waals surface area contributed by atoms with Crippen LogP contribution in [-0.2, 0) is 4.74 Å². The van der Waals surface area contributed by atoms with E-state index in [1.165, 1.54) is 5.56 Å². The fraction of sp³-hybridized carbons (Fsp3) is 0.533. The molecular weight excluding hydrogens is 210 g/mol. The van der Waals surface area contributed by atoms with Crippen molar-refractivity contribution in [3.05, 3.63) is 29.6 Å². The topological polar surface area (TPSA) is 22.1 Å². The van der Waals surface area contributed by atoms with Crippen LogP contribution in [0.4, 0.5) is 0 Å². The Hall–Kier alpha value is -1.33. The zero-order valence-electron chi connectivity index (χ0n) is 10.8. The molecule has 2 nitrogen and oxygen atoms in total. The lowest BCUT2D eigenvalue weighted by Crippen LogP contribution is -2.19. The molecule has 1 aliphatic rings. The maximum Gasteiger partial charge on any atom is 0.126 e. The largest absolute Gasteiger partial charge is 0.363 e. The summed E-state index contributed by atoms with van der Waals surface area (Å²) in [6, 6.07) is 4.08. The summed E-state index contributed by atoms with van der Waals surface area (Å²) in [5.74, 6) is 6.81. The SMILES string of the molecule is CC(C)c1ccc(C#CC2(C)CCCO2)nc1. The lowest BCUT2D eigenvalue weighted by molar-refractivity contribution is 0.0695. The van der Waals surface area contributed by atoms with Crippen molar-refractivity contribution in [2.45, 2.75) is 45.1 Å². The van der Waals surface area contributed by atoms with Gasteiger partial charge in [-0.05, 0) is 43.2 Å². The third-order valence-corrected chi connectivity index (χ3v) is 3.13. The van der Waals surface area contributed by atoms with Crippen LogP contribution >= 0.6 is 0 Å². The van der Waals surface area contributed by atoms with E-state index in [9.17, 15) is 0 Å². The van der Waals surface area contributed by atoms with Crippen LogP contribution in [0, 0.1) is 11.8 Å². The molecule has 0 radical (unpaired) electrons. The lowest BCUT2D eigenvalue weighted by Gasteiger charge is -2.14. The first-order valence-electron chi connectivity index (χ1n) is 6.22. The van der Waals surface area contributed by atoms with E-state index in [0.29, 0.717) is 5.92 Å². The molecule has 0 bridgehead atoms. The zero-order valence-corrected chi connectivity index (χ0v) is 10.8. The van der Waals surface area contributed by atoms with Crippen LogP contribution in [0.3, 0.4) is 0 Å². The fourth-order valence-corrected chi connectivity index (χ4v) is 1.89. The van der Waals surface area contributed by atoms with Gasteiger partial charge in [-0.3, -0.25) is 0 Å². The summed E-state index contributed by atoms with van der Waals surface area (Å²) >= 11 is 0. The molecule has 17 heavy (non-hydrogen) atoms. The van der Waals surface area contributed by atoms with E-state index in [2.05, 4.69) is 43.7 Å². The molecule has 0 aliphatic carbocycles. The van der Waals surface area contributed by atoms with Crippen LogP contribution in [-0.4, -0.2) is 17.2 Å². The van der Waals surface area contributed by atoms with Crippen molar-refractivity contribution in [3.8, 4) is 11.8 Å². The third-order valence-electron chi connectivity index (χ3n) is 3.13. The highest BCUT2D eigenvalue weighted by Crippen LogP contribution is 2.23. The molecule has 1 saturated heterocycles. The highest BCUT2D eigenvalue weighted by Gasteiger charge is 2.27. The Morgan fingerprint density at radius 1 is 1.41 bits per heavy atom. The van der Waals surface area contributed by atoms with Crippen LogP contribution in [0.15, 0.2) is 18.3 Å². The Kier molecular flexibility index (Phi) is 3.49. The van der Waals surface area contributed by atoms with E-state index in [1.807, 2.05) is 12.3 Å². The van der Waals surface area contributed by atoms with Crippen molar-refractivity contribution in [2.75, 3.05) is 6.61 Å². The number of hydrogen-bond donors (Lipinski definition) is 0. The molecule has 1 aromatic heterocycles. The predicted molar refractivity (Wildman–Crippen MR) is 68.8 cm³/mol. The number of pyridine rings is 1. The highest BCUT2D eigenvalue weighted by atomic mass is 16.5. The normalized spacial score (nSPS) is 23.5. The van der Waals surface area contributed by atoms with Crippen molar-refractivity contribution >= 4 is 0 Å². The van der Waals surface area contributed by atoms with Gasteiger partial charge in [-0.25, -0.2) is 4.98 Å². The average molecular weight is 229 g/mol. The van der Waals surface area contributed by atoms with E-state index in [4.69, 9.17) is 4.74 Å². The smallest absolute Gasteiger partial charge is 0.126 e. The Bertz CT molecular complexity index is 430. The van der Waals surface area contributed by atoms with Gasteiger partial charge in [0.25, 0.3) is 0 Å². The van der Waals surface area contributed by atoms with Gasteiger partial charge in [0, 0.05) is 12.8 Å². The number of hydrogen-bond acceptors (Lipinski definition) is 2. The van der Waals surface area contributed by atoms with Gasteiger partial charge in [-0.2, -0.15) is 0 Å². The summed E-state index contributed by atoms with van der Waals surface area (Å²) < 4.78 is 5.62. The molecular formula is C15H19NO. The molecule has 1 unspecified atom stereocenters. The second kappa shape index (κ2) is 4.89. The first kappa shape index (κ1) is 12.1. The summed E-state index contributed by atoms with van der Waals surface area (Å²) in [7, 11) is 0. The van der Waals surface area contributed by atoms with E-state index in [0.717, 1.165) is 25.1 Å². The van der Waals surface area contributed by atoms with Gasteiger partial charge in [0.05, 0.1) is 0 Å². The molecule has 0 amide bonds. The highest BCUT2D eigenvalue weighted by molar-refractivity contribution is 5.32. The van der Waals surface area contributed by atoms with Gasteiger partial charge in [0.15, 0.2) is 0 Å². The fourth-order valence-electron chi connectivity index (χ4n) is 1.89. The van der Waals surface area contributed by atoms with E-state index < -0.39 is 0 Å². The van der Waals surface area contributed by atoms with Crippen molar-refractivity contribution in [3.63, 3.8) is 0 Å². The van der Waals surface area contributed by atoms with Crippen molar-refractivity contribution in [1.82, 2.24) is 4.98 Å². The number of nitrogens with zero attached hydrogens (tertiary/aromatic N) is 1. The maximum absolute atomic E-state index is 5.62. The molecule has 0 N–H and O–H groups in total. The summed E-state index contributed by atoms with van der Waals surface area (Å²) in [5, 5.41) is 0. The van der Waals surface area contributed by atoms with E-state index >= 15 is 0 Å². The summed E-state index contributed by atoms with van der Waals surface area (Å²) in [5.41, 5.74) is 1.81. The van der Waals surface area contributed by atoms with E-state index in [-0.39, 0.29) is 5.60 Å². The average Bonchev–Trinajstić information content (AvgIpc) is 2.75. The van der Waals surface area contributed by atoms with Crippen LogP contribution in [0.2, 0.25) is 0 Å². The number of rotatable bonds is 1. The summed E-state index contributed by atoms with van der Waals surface area (Å²) in [6.45, 7) is 7.20. The van der Waals surface area contributed by atoms with Gasteiger partial charge in [-0.15, -0.1) is 0 Å². The van der Waals surface area contributed by atoms with Crippen LogP contribution in [0.5, 0.6) is 0 Å². The lowest BCUT2D eigenvalue weighted by atomic mass is 10.0. The summed E-state index contributed by atoms with van der Waals surface area (Å²) in [6.07, 6.45) is 4.03. The van der Waals surface area contributed by atoms with Crippen LogP contribution in [0.25, 0.3) is 0 Å².